The molecule has 27 heavy (non-hydrogen) atoms. The van der Waals surface area contributed by atoms with E-state index in [2.05, 4.69) is 10.6 Å². The minimum Gasteiger partial charge on any atom is -0.359 e. The van der Waals surface area contributed by atoms with Gasteiger partial charge in [-0.25, -0.2) is 0 Å². The molecule has 2 N–H and O–H groups in total. The molecule has 1 aliphatic carbocycles. The number of alkyl halides is 3. The smallest absolute Gasteiger partial charge is 0.359 e. The van der Waals surface area contributed by atoms with Crippen LogP contribution in [-0.2, 0) is 9.59 Å². The molecule has 0 aromatic heterocycles. The van der Waals surface area contributed by atoms with Crippen LogP contribution in [0.4, 0.5) is 24.5 Å². The number of benzene rings is 1. The fourth-order valence-electron chi connectivity index (χ4n) is 3.76. The van der Waals surface area contributed by atoms with Gasteiger partial charge in [0.15, 0.2) is 0 Å². The van der Waals surface area contributed by atoms with E-state index in [-0.39, 0.29) is 25.3 Å². The molecule has 2 atom stereocenters. The van der Waals surface area contributed by atoms with Gasteiger partial charge in [-0.1, -0.05) is 24.4 Å². The van der Waals surface area contributed by atoms with E-state index in [0.717, 1.165) is 0 Å². The largest absolute Gasteiger partial charge is 0.392 e. The fraction of sp³-hybridized carbons (Fsp3) is 0.556. The average Bonchev–Trinajstić information content (AvgIpc) is 2.61. The zero-order valence-electron chi connectivity index (χ0n) is 14.6. The molecule has 0 unspecified atom stereocenters. The van der Waals surface area contributed by atoms with E-state index in [4.69, 9.17) is 11.6 Å². The molecule has 0 radical (unpaired) electrons. The number of piperazine rings is 1. The molecule has 148 valence electrons. The Morgan fingerprint density at radius 3 is 2.67 bits per heavy atom. The third-order valence-electron chi connectivity index (χ3n) is 5.12. The van der Waals surface area contributed by atoms with Crippen LogP contribution < -0.4 is 15.5 Å². The van der Waals surface area contributed by atoms with Gasteiger partial charge in [0.05, 0.1) is 23.2 Å². The van der Waals surface area contributed by atoms with Gasteiger partial charge >= 0.3 is 6.18 Å². The van der Waals surface area contributed by atoms with Crippen molar-refractivity contribution >= 4 is 34.8 Å². The number of carbonyl (C=O) groups excluding carboxylic acids is 2. The second-order valence-electron chi connectivity index (χ2n) is 6.97. The van der Waals surface area contributed by atoms with Gasteiger partial charge in [-0.15, -0.1) is 0 Å². The Morgan fingerprint density at radius 2 is 2.00 bits per heavy atom. The summed E-state index contributed by atoms with van der Waals surface area (Å²) in [5.41, 5.74) is 0.997. The Morgan fingerprint density at radius 1 is 1.26 bits per heavy atom. The van der Waals surface area contributed by atoms with E-state index in [1.54, 1.807) is 12.1 Å². The van der Waals surface area contributed by atoms with Crippen molar-refractivity contribution in [1.29, 1.82) is 0 Å². The van der Waals surface area contributed by atoms with Crippen molar-refractivity contribution in [3.8, 4) is 0 Å². The van der Waals surface area contributed by atoms with Crippen LogP contribution in [0.25, 0.3) is 0 Å². The normalized spacial score (nSPS) is 23.7. The van der Waals surface area contributed by atoms with Crippen molar-refractivity contribution in [3.05, 3.63) is 23.2 Å². The van der Waals surface area contributed by atoms with Gasteiger partial charge in [-0.3, -0.25) is 9.59 Å². The standard InChI is InChI=1S/C18H21ClF3N3O2/c19-14-9-11(5-6-15(14)25-8-7-23-16(26)10-25)24-17(27)12-3-1-2-4-13(12)18(20,21)22/h5-6,9,12-13H,1-4,7-8,10H2,(H,23,26)(H,24,27)/t12-,13+/m0/s1. The van der Waals surface area contributed by atoms with Crippen LogP contribution in [0.15, 0.2) is 18.2 Å². The Kier molecular flexibility index (Phi) is 5.83. The van der Waals surface area contributed by atoms with Crippen molar-refractivity contribution in [2.45, 2.75) is 31.9 Å². The average molecular weight is 404 g/mol. The van der Waals surface area contributed by atoms with Gasteiger partial charge in [-0.2, -0.15) is 13.2 Å². The Hall–Kier alpha value is -1.96. The van der Waals surface area contributed by atoms with Gasteiger partial charge < -0.3 is 15.5 Å². The lowest BCUT2D eigenvalue weighted by atomic mass is 9.78. The third kappa shape index (κ3) is 4.66. The number of halogens is 4. The molecule has 5 nitrogen and oxygen atoms in total. The van der Waals surface area contributed by atoms with Gasteiger partial charge in [-0.05, 0) is 31.0 Å². The van der Waals surface area contributed by atoms with Crippen molar-refractivity contribution in [2.24, 2.45) is 11.8 Å². The van der Waals surface area contributed by atoms with E-state index in [1.165, 1.54) is 6.07 Å². The zero-order chi connectivity index (χ0) is 19.6. The van der Waals surface area contributed by atoms with Crippen LogP contribution in [0.1, 0.15) is 25.7 Å². The molecule has 0 bridgehead atoms. The third-order valence-corrected chi connectivity index (χ3v) is 5.42. The lowest BCUT2D eigenvalue weighted by molar-refractivity contribution is -0.197. The second kappa shape index (κ2) is 7.96. The van der Waals surface area contributed by atoms with Crippen LogP contribution in [-0.4, -0.2) is 37.6 Å². The molecule has 1 saturated heterocycles. The first-order valence-corrected chi connectivity index (χ1v) is 9.32. The Bertz CT molecular complexity index is 726. The fourth-order valence-corrected chi connectivity index (χ4v) is 4.06. The highest BCUT2D eigenvalue weighted by molar-refractivity contribution is 6.33. The number of anilines is 2. The van der Waals surface area contributed by atoms with E-state index in [1.807, 2.05) is 4.90 Å². The summed E-state index contributed by atoms with van der Waals surface area (Å²) in [6, 6.07) is 4.77. The van der Waals surface area contributed by atoms with Crippen molar-refractivity contribution in [1.82, 2.24) is 5.32 Å². The molecule has 2 fully saturated rings. The minimum absolute atomic E-state index is 0.0156. The summed E-state index contributed by atoms with van der Waals surface area (Å²) >= 11 is 6.28. The molecule has 2 aliphatic rings. The van der Waals surface area contributed by atoms with Crippen molar-refractivity contribution in [3.63, 3.8) is 0 Å². The monoisotopic (exact) mass is 403 g/mol. The van der Waals surface area contributed by atoms with Crippen LogP contribution in [0.5, 0.6) is 0 Å². The van der Waals surface area contributed by atoms with Gasteiger partial charge in [0.2, 0.25) is 11.8 Å². The molecule has 1 aromatic rings. The van der Waals surface area contributed by atoms with Crippen LogP contribution >= 0.6 is 11.6 Å². The number of hydrogen-bond donors (Lipinski definition) is 2. The van der Waals surface area contributed by atoms with Crippen LogP contribution in [0, 0.1) is 11.8 Å². The maximum absolute atomic E-state index is 13.2. The van der Waals surface area contributed by atoms with Gasteiger partial charge in [0.25, 0.3) is 0 Å². The molecular formula is C18H21ClF3N3O2. The highest BCUT2D eigenvalue weighted by atomic mass is 35.5. The maximum atomic E-state index is 13.2. The first-order chi connectivity index (χ1) is 12.8. The van der Waals surface area contributed by atoms with Gasteiger partial charge in [0.1, 0.15) is 0 Å². The van der Waals surface area contributed by atoms with Crippen molar-refractivity contribution < 1.29 is 22.8 Å². The molecule has 1 heterocycles. The van der Waals surface area contributed by atoms with E-state index in [9.17, 15) is 22.8 Å². The number of carbonyl (C=O) groups is 2. The van der Waals surface area contributed by atoms with E-state index < -0.39 is 23.9 Å². The SMILES string of the molecule is O=C1CN(c2ccc(NC(=O)[C@H]3CCCC[C@H]3C(F)(F)F)cc2Cl)CCN1. The summed E-state index contributed by atoms with van der Waals surface area (Å²) in [5, 5.41) is 5.62. The first-order valence-electron chi connectivity index (χ1n) is 8.94. The molecule has 1 saturated carbocycles. The Labute approximate surface area is 160 Å². The summed E-state index contributed by atoms with van der Waals surface area (Å²) in [5.74, 6) is -3.42. The summed E-state index contributed by atoms with van der Waals surface area (Å²) in [4.78, 5) is 25.8. The summed E-state index contributed by atoms with van der Waals surface area (Å²) in [6.45, 7) is 1.29. The predicted octanol–water partition coefficient (Wildman–Crippen LogP) is 3.58. The number of amides is 2. The number of nitrogens with one attached hydrogen (secondary N) is 2. The molecular weight excluding hydrogens is 383 g/mol. The quantitative estimate of drug-likeness (QED) is 0.810. The van der Waals surface area contributed by atoms with Crippen LogP contribution in [0.3, 0.4) is 0 Å². The number of nitrogens with zero attached hydrogens (tertiary/aromatic N) is 1. The summed E-state index contributed by atoms with van der Waals surface area (Å²) < 4.78 is 39.6. The maximum Gasteiger partial charge on any atom is 0.392 e. The lowest BCUT2D eigenvalue weighted by Gasteiger charge is -2.32. The van der Waals surface area contributed by atoms with Crippen molar-refractivity contribution in [2.75, 3.05) is 29.9 Å². The number of hydrogen-bond acceptors (Lipinski definition) is 3. The van der Waals surface area contributed by atoms with Gasteiger partial charge in [0, 0.05) is 24.7 Å². The topological polar surface area (TPSA) is 61.4 Å². The zero-order valence-corrected chi connectivity index (χ0v) is 15.4. The van der Waals surface area contributed by atoms with E-state index in [0.29, 0.717) is 42.3 Å². The minimum atomic E-state index is -4.38. The molecule has 3 rings (SSSR count). The molecule has 1 aromatic carbocycles. The molecule has 9 heteroatoms. The highest BCUT2D eigenvalue weighted by Gasteiger charge is 2.48. The Balaban J connectivity index is 1.71. The summed E-state index contributed by atoms with van der Waals surface area (Å²) in [6.07, 6.45) is -3.07. The molecule has 1 aliphatic heterocycles. The predicted molar refractivity (Wildman–Crippen MR) is 96.8 cm³/mol. The van der Waals surface area contributed by atoms with Crippen LogP contribution in [0.2, 0.25) is 5.02 Å². The summed E-state index contributed by atoms with van der Waals surface area (Å²) in [7, 11) is 0. The van der Waals surface area contributed by atoms with E-state index >= 15 is 0 Å². The highest BCUT2D eigenvalue weighted by Crippen LogP contribution is 2.42. The molecule has 2 amide bonds. The molecule has 0 spiro atoms. The lowest BCUT2D eigenvalue weighted by Crippen LogP contribution is -2.47. The first kappa shape index (κ1) is 19.8. The number of rotatable bonds is 3. The second-order valence-corrected chi connectivity index (χ2v) is 7.37.